The SMILES string of the molecule is CS(=O)(=O)C1(C(=O)N2CCc3c(F)ccc(F)c3C2)CCNCC1. The van der Waals surface area contributed by atoms with Crippen LogP contribution in [0.4, 0.5) is 8.78 Å². The van der Waals surface area contributed by atoms with Gasteiger partial charge in [-0.25, -0.2) is 17.2 Å². The molecule has 2 aliphatic heterocycles. The molecular formula is C16H20F2N2O3S. The van der Waals surface area contributed by atoms with Crippen LogP contribution in [0.15, 0.2) is 12.1 Å². The quantitative estimate of drug-likeness (QED) is 0.857. The Bertz CT molecular complexity index is 774. The highest BCUT2D eigenvalue weighted by Crippen LogP contribution is 2.33. The Balaban J connectivity index is 1.94. The van der Waals surface area contributed by atoms with Gasteiger partial charge in [-0.05, 0) is 50.0 Å². The third-order valence-corrected chi connectivity index (χ3v) is 7.10. The molecule has 0 atom stereocenters. The summed E-state index contributed by atoms with van der Waals surface area (Å²) in [6.45, 7) is 0.970. The number of carbonyl (C=O) groups is 1. The van der Waals surface area contributed by atoms with Crippen LogP contribution in [0.25, 0.3) is 0 Å². The van der Waals surface area contributed by atoms with Crippen LogP contribution in [0, 0.1) is 11.6 Å². The van der Waals surface area contributed by atoms with E-state index in [-0.39, 0.29) is 43.5 Å². The molecule has 1 aromatic rings. The van der Waals surface area contributed by atoms with Gasteiger partial charge in [0, 0.05) is 24.9 Å². The molecule has 1 saturated heterocycles. The molecule has 1 fully saturated rings. The second-order valence-electron chi connectivity index (χ2n) is 6.48. The first-order valence-corrected chi connectivity index (χ1v) is 9.81. The first-order chi connectivity index (χ1) is 11.3. The molecule has 1 aromatic carbocycles. The maximum Gasteiger partial charge on any atom is 0.244 e. The van der Waals surface area contributed by atoms with Crippen molar-refractivity contribution in [2.45, 2.75) is 30.6 Å². The van der Waals surface area contributed by atoms with Gasteiger partial charge in [0.1, 0.15) is 11.6 Å². The highest BCUT2D eigenvalue weighted by atomic mass is 32.2. The number of nitrogens with one attached hydrogen (secondary N) is 1. The van der Waals surface area contributed by atoms with Gasteiger partial charge in [-0.2, -0.15) is 0 Å². The van der Waals surface area contributed by atoms with E-state index in [1.807, 2.05) is 0 Å². The zero-order valence-electron chi connectivity index (χ0n) is 13.4. The first-order valence-electron chi connectivity index (χ1n) is 7.92. The number of rotatable bonds is 2. The first kappa shape index (κ1) is 17.3. The molecule has 0 radical (unpaired) electrons. The molecule has 0 unspecified atom stereocenters. The average molecular weight is 358 g/mol. The maximum atomic E-state index is 14.0. The number of benzene rings is 1. The summed E-state index contributed by atoms with van der Waals surface area (Å²) in [5.41, 5.74) is 0.421. The van der Waals surface area contributed by atoms with Gasteiger partial charge in [-0.15, -0.1) is 0 Å². The molecule has 24 heavy (non-hydrogen) atoms. The van der Waals surface area contributed by atoms with Crippen LogP contribution in [-0.4, -0.2) is 49.9 Å². The molecule has 2 heterocycles. The van der Waals surface area contributed by atoms with Gasteiger partial charge in [-0.1, -0.05) is 0 Å². The lowest BCUT2D eigenvalue weighted by Gasteiger charge is -2.40. The highest BCUT2D eigenvalue weighted by Gasteiger charge is 2.51. The predicted octanol–water partition coefficient (Wildman–Crippen LogP) is 1.02. The van der Waals surface area contributed by atoms with Crippen molar-refractivity contribution in [1.82, 2.24) is 10.2 Å². The molecule has 0 aliphatic carbocycles. The van der Waals surface area contributed by atoms with E-state index < -0.39 is 32.1 Å². The Morgan fingerprint density at radius 3 is 2.33 bits per heavy atom. The number of hydrogen-bond acceptors (Lipinski definition) is 4. The van der Waals surface area contributed by atoms with Crippen LogP contribution in [0.1, 0.15) is 24.0 Å². The van der Waals surface area contributed by atoms with Crippen molar-refractivity contribution in [2.24, 2.45) is 0 Å². The molecule has 8 heteroatoms. The van der Waals surface area contributed by atoms with Gasteiger partial charge >= 0.3 is 0 Å². The van der Waals surface area contributed by atoms with Gasteiger partial charge in [0.2, 0.25) is 5.91 Å². The van der Waals surface area contributed by atoms with Crippen LogP contribution in [0.5, 0.6) is 0 Å². The van der Waals surface area contributed by atoms with Crippen LogP contribution in [0.3, 0.4) is 0 Å². The molecule has 1 amide bonds. The van der Waals surface area contributed by atoms with Crippen LogP contribution >= 0.6 is 0 Å². The number of hydrogen-bond donors (Lipinski definition) is 1. The minimum Gasteiger partial charge on any atom is -0.337 e. The van der Waals surface area contributed by atoms with E-state index in [1.165, 1.54) is 4.90 Å². The fraction of sp³-hybridized carbons (Fsp3) is 0.562. The zero-order valence-corrected chi connectivity index (χ0v) is 14.3. The summed E-state index contributed by atoms with van der Waals surface area (Å²) in [6.07, 6.45) is 1.65. The normalized spacial score (nSPS) is 20.5. The van der Waals surface area contributed by atoms with Crippen molar-refractivity contribution in [3.63, 3.8) is 0 Å². The Morgan fingerprint density at radius 1 is 1.17 bits per heavy atom. The number of halogens is 2. The monoisotopic (exact) mass is 358 g/mol. The van der Waals surface area contributed by atoms with E-state index in [0.717, 1.165) is 18.4 Å². The molecule has 0 saturated carbocycles. The summed E-state index contributed by atoms with van der Waals surface area (Å²) < 4.78 is 51.1. The minimum atomic E-state index is -3.63. The summed E-state index contributed by atoms with van der Waals surface area (Å²) in [6, 6.07) is 2.12. The van der Waals surface area contributed by atoms with Crippen molar-refractivity contribution < 1.29 is 22.0 Å². The van der Waals surface area contributed by atoms with E-state index in [2.05, 4.69) is 5.32 Å². The van der Waals surface area contributed by atoms with Crippen LogP contribution in [-0.2, 0) is 27.6 Å². The standard InChI is InChI=1S/C16H20F2N2O3S/c1-24(22,23)16(5-7-19-8-6-16)15(21)20-9-4-11-12(10-20)14(18)3-2-13(11)17/h2-3,19H,4-10H2,1H3. The predicted molar refractivity (Wildman–Crippen MR) is 85.2 cm³/mol. The number of sulfone groups is 1. The maximum absolute atomic E-state index is 14.0. The van der Waals surface area contributed by atoms with Crippen molar-refractivity contribution in [3.05, 3.63) is 34.9 Å². The summed E-state index contributed by atoms with van der Waals surface area (Å²) in [4.78, 5) is 14.4. The summed E-state index contributed by atoms with van der Waals surface area (Å²) in [5.74, 6) is -1.55. The summed E-state index contributed by atoms with van der Waals surface area (Å²) in [5, 5.41) is 3.06. The molecule has 1 N–H and O–H groups in total. The zero-order chi connectivity index (χ0) is 17.5. The van der Waals surface area contributed by atoms with Crippen molar-refractivity contribution in [2.75, 3.05) is 25.9 Å². The third-order valence-electron chi connectivity index (χ3n) is 5.10. The van der Waals surface area contributed by atoms with Gasteiger partial charge in [-0.3, -0.25) is 4.79 Å². The van der Waals surface area contributed by atoms with Crippen molar-refractivity contribution >= 4 is 15.7 Å². The summed E-state index contributed by atoms with van der Waals surface area (Å²) >= 11 is 0. The molecule has 3 rings (SSSR count). The van der Waals surface area contributed by atoms with Crippen LogP contribution in [0.2, 0.25) is 0 Å². The minimum absolute atomic E-state index is 0.0948. The highest BCUT2D eigenvalue weighted by molar-refractivity contribution is 7.92. The van der Waals surface area contributed by atoms with Crippen molar-refractivity contribution in [1.29, 1.82) is 0 Å². The Kier molecular flexibility index (Phi) is 4.37. The molecule has 132 valence electrons. The van der Waals surface area contributed by atoms with E-state index in [0.29, 0.717) is 13.1 Å². The lowest BCUT2D eigenvalue weighted by molar-refractivity contribution is -0.135. The van der Waals surface area contributed by atoms with Crippen molar-refractivity contribution in [3.8, 4) is 0 Å². The van der Waals surface area contributed by atoms with Gasteiger partial charge in [0.15, 0.2) is 14.6 Å². The Labute approximate surface area is 139 Å². The molecule has 0 bridgehead atoms. The molecule has 0 spiro atoms. The molecule has 5 nitrogen and oxygen atoms in total. The molecular weight excluding hydrogens is 338 g/mol. The topological polar surface area (TPSA) is 66.5 Å². The van der Waals surface area contributed by atoms with Gasteiger partial charge in [0.25, 0.3) is 0 Å². The fourth-order valence-corrected chi connectivity index (χ4v) is 5.02. The van der Waals surface area contributed by atoms with E-state index in [4.69, 9.17) is 0 Å². The average Bonchev–Trinajstić information content (AvgIpc) is 2.57. The lowest BCUT2D eigenvalue weighted by Crippen LogP contribution is -2.58. The number of amides is 1. The van der Waals surface area contributed by atoms with Crippen LogP contribution < -0.4 is 5.32 Å². The molecule has 0 aromatic heterocycles. The Hall–Kier alpha value is -1.54. The summed E-state index contributed by atoms with van der Waals surface area (Å²) in [7, 11) is -3.63. The second kappa shape index (κ2) is 6.07. The second-order valence-corrected chi connectivity index (χ2v) is 8.81. The Morgan fingerprint density at radius 2 is 1.75 bits per heavy atom. The lowest BCUT2D eigenvalue weighted by atomic mass is 9.92. The van der Waals surface area contributed by atoms with Gasteiger partial charge in [0.05, 0.1) is 0 Å². The van der Waals surface area contributed by atoms with E-state index >= 15 is 0 Å². The van der Waals surface area contributed by atoms with E-state index in [9.17, 15) is 22.0 Å². The third kappa shape index (κ3) is 2.71. The smallest absolute Gasteiger partial charge is 0.244 e. The largest absolute Gasteiger partial charge is 0.337 e. The molecule has 2 aliphatic rings. The van der Waals surface area contributed by atoms with E-state index in [1.54, 1.807) is 0 Å². The number of fused-ring (bicyclic) bond motifs is 1. The van der Waals surface area contributed by atoms with Gasteiger partial charge < -0.3 is 10.2 Å². The number of carbonyl (C=O) groups excluding carboxylic acids is 1. The number of nitrogens with zero attached hydrogens (tertiary/aromatic N) is 1. The number of piperidine rings is 1. The fourth-order valence-electron chi connectivity index (χ4n) is 3.63.